The number of aromatic nitrogens is 1. The van der Waals surface area contributed by atoms with Gasteiger partial charge in [-0.2, -0.15) is 0 Å². The molecule has 3 rings (SSSR count). The summed E-state index contributed by atoms with van der Waals surface area (Å²) in [6.45, 7) is 2.02. The third-order valence-corrected chi connectivity index (χ3v) is 4.99. The Hall–Kier alpha value is -1.40. The predicted octanol–water partition coefficient (Wildman–Crippen LogP) is 1.73. The molecule has 19 heavy (non-hydrogen) atoms. The van der Waals surface area contributed by atoms with Crippen molar-refractivity contribution in [2.24, 2.45) is 16.5 Å². The number of nitrogens with two attached hydrogens (primary N) is 2. The van der Waals surface area contributed by atoms with E-state index >= 15 is 0 Å². The minimum atomic E-state index is -0.909. The number of amidine groups is 1. The molecular weight excluding hydrogens is 258 g/mol. The summed E-state index contributed by atoms with van der Waals surface area (Å²) in [5, 5.41) is 3.85. The van der Waals surface area contributed by atoms with Crippen LogP contribution in [0, 0.1) is 0 Å². The normalized spacial score (nSPS) is 27.3. The molecule has 1 unspecified atom stereocenters. The van der Waals surface area contributed by atoms with E-state index in [0.717, 1.165) is 17.3 Å². The molecule has 2 heterocycles. The maximum absolute atomic E-state index is 6.37. The monoisotopic (exact) mass is 277 g/mol. The van der Waals surface area contributed by atoms with E-state index in [1.165, 1.54) is 24.1 Å². The smallest absolute Gasteiger partial charge is 0.185 e. The van der Waals surface area contributed by atoms with E-state index in [2.05, 4.69) is 15.3 Å². The minimum absolute atomic E-state index is 0.551. The predicted molar refractivity (Wildman–Crippen MR) is 77.7 cm³/mol. The quantitative estimate of drug-likeness (QED) is 0.785. The van der Waals surface area contributed by atoms with Crippen LogP contribution in [0.1, 0.15) is 48.4 Å². The summed E-state index contributed by atoms with van der Waals surface area (Å²) in [7, 11) is 0. The Bertz CT molecular complexity index is 543. The first kappa shape index (κ1) is 12.6. The molecule has 1 aromatic heterocycles. The van der Waals surface area contributed by atoms with Crippen LogP contribution in [0.25, 0.3) is 0 Å². The molecule has 1 fully saturated rings. The molecule has 1 atom stereocenters. The first-order chi connectivity index (χ1) is 9.10. The second-order valence-corrected chi connectivity index (χ2v) is 6.22. The molecule has 1 saturated carbocycles. The van der Waals surface area contributed by atoms with Gasteiger partial charge < -0.3 is 11.1 Å². The van der Waals surface area contributed by atoms with Gasteiger partial charge in [0.25, 0.3) is 0 Å². The van der Waals surface area contributed by atoms with Crippen LogP contribution in [-0.2, 0) is 5.66 Å². The lowest BCUT2D eigenvalue weighted by atomic mass is 9.85. The van der Waals surface area contributed by atoms with Crippen molar-refractivity contribution in [3.8, 4) is 0 Å². The molecule has 1 aliphatic heterocycles. The van der Waals surface area contributed by atoms with Crippen molar-refractivity contribution in [3.63, 3.8) is 0 Å². The average Bonchev–Trinajstić information content (AvgIpc) is 2.75. The lowest BCUT2D eigenvalue weighted by Crippen LogP contribution is -2.43. The van der Waals surface area contributed by atoms with Crippen LogP contribution in [0.5, 0.6) is 0 Å². The van der Waals surface area contributed by atoms with Crippen LogP contribution in [0.4, 0.5) is 0 Å². The van der Waals surface area contributed by atoms with Crippen molar-refractivity contribution in [1.82, 2.24) is 10.3 Å². The standard InChI is InChI=1S/C13H19N5S/c1-2-11-17-10(14)6-13(15,18-11)12-16-7-9(19-12)8-4-3-5-8/h6-8H,2-5,14-15H2,1H3,(H,17,18). The molecule has 0 radical (unpaired) electrons. The minimum Gasteiger partial charge on any atom is -0.385 e. The van der Waals surface area contributed by atoms with Crippen molar-refractivity contribution < 1.29 is 0 Å². The molecule has 0 amide bonds. The van der Waals surface area contributed by atoms with Crippen LogP contribution in [0.2, 0.25) is 0 Å². The third-order valence-electron chi connectivity index (χ3n) is 3.69. The van der Waals surface area contributed by atoms with E-state index < -0.39 is 5.66 Å². The van der Waals surface area contributed by atoms with Gasteiger partial charge in [-0.15, -0.1) is 11.3 Å². The molecule has 5 N–H and O–H groups in total. The Morgan fingerprint density at radius 1 is 1.53 bits per heavy atom. The number of nitrogens with one attached hydrogen (secondary N) is 1. The number of hydrogen-bond donors (Lipinski definition) is 3. The maximum Gasteiger partial charge on any atom is 0.185 e. The highest BCUT2D eigenvalue weighted by molar-refractivity contribution is 7.11. The first-order valence-corrected chi connectivity index (χ1v) is 7.51. The van der Waals surface area contributed by atoms with Crippen LogP contribution < -0.4 is 16.8 Å². The summed E-state index contributed by atoms with van der Waals surface area (Å²) >= 11 is 1.67. The van der Waals surface area contributed by atoms with E-state index in [9.17, 15) is 0 Å². The molecule has 1 aliphatic carbocycles. The highest BCUT2D eigenvalue weighted by atomic mass is 32.1. The molecule has 5 nitrogen and oxygen atoms in total. The van der Waals surface area contributed by atoms with Gasteiger partial charge >= 0.3 is 0 Å². The fourth-order valence-corrected chi connectivity index (χ4v) is 3.46. The zero-order chi connectivity index (χ0) is 13.5. The van der Waals surface area contributed by atoms with Crippen LogP contribution in [0.15, 0.2) is 23.1 Å². The molecule has 102 valence electrons. The Kier molecular flexibility index (Phi) is 3.06. The van der Waals surface area contributed by atoms with Crippen molar-refractivity contribution >= 4 is 17.2 Å². The molecule has 1 aromatic rings. The van der Waals surface area contributed by atoms with E-state index in [0.29, 0.717) is 11.7 Å². The summed E-state index contributed by atoms with van der Waals surface area (Å²) in [6.07, 6.45) is 8.32. The van der Waals surface area contributed by atoms with E-state index in [1.54, 1.807) is 17.4 Å². The second-order valence-electron chi connectivity index (χ2n) is 5.16. The SMILES string of the molecule is CCC1=NC(N)(c2ncc(C3CCC3)s2)C=C(N)N1. The van der Waals surface area contributed by atoms with E-state index in [-0.39, 0.29) is 0 Å². The van der Waals surface area contributed by atoms with Gasteiger partial charge in [0, 0.05) is 23.6 Å². The number of rotatable bonds is 3. The van der Waals surface area contributed by atoms with Gasteiger partial charge in [-0.3, -0.25) is 5.73 Å². The fourth-order valence-electron chi connectivity index (χ4n) is 2.35. The van der Waals surface area contributed by atoms with Crippen molar-refractivity contribution in [1.29, 1.82) is 0 Å². The number of aliphatic imine (C=N–C) groups is 1. The summed E-state index contributed by atoms with van der Waals surface area (Å²) < 4.78 is 0. The molecule has 0 aromatic carbocycles. The number of thiazole rings is 1. The van der Waals surface area contributed by atoms with Crippen molar-refractivity contribution in [2.45, 2.75) is 44.2 Å². The molecule has 0 saturated heterocycles. The molecule has 2 aliphatic rings. The topological polar surface area (TPSA) is 89.3 Å². The zero-order valence-corrected chi connectivity index (χ0v) is 11.8. The molecule has 0 spiro atoms. The summed E-state index contributed by atoms with van der Waals surface area (Å²) in [4.78, 5) is 10.3. The van der Waals surface area contributed by atoms with Gasteiger partial charge in [0.1, 0.15) is 16.7 Å². The lowest BCUT2D eigenvalue weighted by Gasteiger charge is -2.26. The maximum atomic E-state index is 6.37. The fraction of sp³-hybridized carbons (Fsp3) is 0.538. The highest BCUT2D eigenvalue weighted by Gasteiger charge is 2.33. The van der Waals surface area contributed by atoms with Crippen molar-refractivity contribution in [3.05, 3.63) is 28.0 Å². The zero-order valence-electron chi connectivity index (χ0n) is 11.0. The van der Waals surface area contributed by atoms with Crippen molar-refractivity contribution in [2.75, 3.05) is 0 Å². The Labute approximate surface area is 116 Å². The largest absolute Gasteiger partial charge is 0.385 e. The third kappa shape index (κ3) is 2.26. The Morgan fingerprint density at radius 2 is 2.32 bits per heavy atom. The molecular formula is C13H19N5S. The Morgan fingerprint density at radius 3 is 2.95 bits per heavy atom. The Balaban J connectivity index is 1.92. The lowest BCUT2D eigenvalue weighted by molar-refractivity contribution is 0.425. The van der Waals surface area contributed by atoms with Gasteiger partial charge in [0.2, 0.25) is 0 Å². The first-order valence-electron chi connectivity index (χ1n) is 6.70. The van der Waals surface area contributed by atoms with Crippen LogP contribution >= 0.6 is 11.3 Å². The van der Waals surface area contributed by atoms with Gasteiger partial charge in [0.05, 0.1) is 0 Å². The summed E-state index contributed by atoms with van der Waals surface area (Å²) in [5.74, 6) is 2.03. The van der Waals surface area contributed by atoms with Gasteiger partial charge in [-0.05, 0) is 18.8 Å². The van der Waals surface area contributed by atoms with Gasteiger partial charge in [-0.25, -0.2) is 9.98 Å². The number of nitrogens with zero attached hydrogens (tertiary/aromatic N) is 2. The van der Waals surface area contributed by atoms with Gasteiger partial charge in [-0.1, -0.05) is 13.3 Å². The molecule has 0 bridgehead atoms. The summed E-state index contributed by atoms with van der Waals surface area (Å²) in [6, 6.07) is 0. The van der Waals surface area contributed by atoms with Gasteiger partial charge in [0.15, 0.2) is 5.66 Å². The second kappa shape index (κ2) is 4.61. The van der Waals surface area contributed by atoms with E-state index in [1.807, 2.05) is 13.1 Å². The molecule has 6 heteroatoms. The van der Waals surface area contributed by atoms with Crippen LogP contribution in [0.3, 0.4) is 0 Å². The average molecular weight is 277 g/mol. The summed E-state index contributed by atoms with van der Waals surface area (Å²) in [5.41, 5.74) is 11.3. The number of hydrogen-bond acceptors (Lipinski definition) is 6. The highest BCUT2D eigenvalue weighted by Crippen LogP contribution is 2.40. The van der Waals surface area contributed by atoms with Crippen LogP contribution in [-0.4, -0.2) is 10.8 Å². The van der Waals surface area contributed by atoms with E-state index in [4.69, 9.17) is 11.5 Å².